The Kier molecular flexibility index (Phi) is 4.66. The van der Waals surface area contributed by atoms with Crippen LogP contribution in [0.2, 0.25) is 0 Å². The lowest BCUT2D eigenvalue weighted by Gasteiger charge is -2.14. The Morgan fingerprint density at radius 2 is 1.75 bits per heavy atom. The summed E-state index contributed by atoms with van der Waals surface area (Å²) in [6, 6.07) is 11.4. The fourth-order valence-electron chi connectivity index (χ4n) is 3.56. The normalized spacial score (nSPS) is 11.4. The second kappa shape index (κ2) is 6.72. The van der Waals surface area contributed by atoms with E-state index in [0.29, 0.717) is 5.92 Å². The van der Waals surface area contributed by atoms with Gasteiger partial charge in [-0.1, -0.05) is 19.9 Å². The first kappa shape index (κ1) is 16.6. The highest BCUT2D eigenvalue weighted by Crippen LogP contribution is 2.28. The van der Waals surface area contributed by atoms with E-state index in [9.17, 15) is 0 Å². The van der Waals surface area contributed by atoms with Gasteiger partial charge in [-0.3, -0.25) is 0 Å². The highest BCUT2D eigenvalue weighted by Gasteiger charge is 2.10. The number of fused-ring (bicyclic) bond motifs is 1. The van der Waals surface area contributed by atoms with Gasteiger partial charge in [-0.25, -0.2) is 0 Å². The molecule has 0 amide bonds. The monoisotopic (exact) mass is 320 g/mol. The number of rotatable bonds is 5. The predicted molar refractivity (Wildman–Crippen MR) is 105 cm³/mol. The van der Waals surface area contributed by atoms with Gasteiger partial charge in [-0.15, -0.1) is 0 Å². The molecule has 0 fully saturated rings. The van der Waals surface area contributed by atoms with Gasteiger partial charge in [0.1, 0.15) is 0 Å². The molecule has 0 bridgehead atoms. The van der Waals surface area contributed by atoms with Crippen molar-refractivity contribution in [2.45, 2.75) is 47.0 Å². The van der Waals surface area contributed by atoms with E-state index >= 15 is 0 Å². The van der Waals surface area contributed by atoms with Gasteiger partial charge >= 0.3 is 0 Å². The van der Waals surface area contributed by atoms with Crippen molar-refractivity contribution in [3.63, 3.8) is 0 Å². The minimum absolute atomic E-state index is 0.539. The molecule has 1 heterocycles. The van der Waals surface area contributed by atoms with Crippen molar-refractivity contribution in [2.75, 3.05) is 11.9 Å². The van der Waals surface area contributed by atoms with Crippen molar-refractivity contribution >= 4 is 16.6 Å². The summed E-state index contributed by atoms with van der Waals surface area (Å²) in [5.41, 5.74) is 9.41. The molecule has 2 N–H and O–H groups in total. The van der Waals surface area contributed by atoms with Crippen molar-refractivity contribution in [3.8, 4) is 0 Å². The fourth-order valence-corrected chi connectivity index (χ4v) is 3.56. The molecule has 0 atom stereocenters. The van der Waals surface area contributed by atoms with Crippen LogP contribution in [0.3, 0.4) is 0 Å². The summed E-state index contributed by atoms with van der Waals surface area (Å²) < 4.78 is 0. The summed E-state index contributed by atoms with van der Waals surface area (Å²) in [7, 11) is 0. The number of aromatic amines is 1. The van der Waals surface area contributed by atoms with Crippen LogP contribution in [-0.2, 0) is 6.42 Å². The summed E-state index contributed by atoms with van der Waals surface area (Å²) in [4.78, 5) is 3.40. The lowest BCUT2D eigenvalue weighted by Crippen LogP contribution is -2.01. The molecule has 1 aromatic heterocycles. The third-order valence-electron chi connectivity index (χ3n) is 4.86. The third kappa shape index (κ3) is 3.19. The molecule has 0 saturated heterocycles. The fraction of sp³-hybridized carbons (Fsp3) is 0.364. The van der Waals surface area contributed by atoms with Crippen LogP contribution in [0.5, 0.6) is 0 Å². The first-order valence-corrected chi connectivity index (χ1v) is 8.93. The van der Waals surface area contributed by atoms with Crippen LogP contribution in [0.1, 0.15) is 54.5 Å². The second-order valence-corrected chi connectivity index (χ2v) is 7.07. The molecule has 0 spiro atoms. The van der Waals surface area contributed by atoms with Gasteiger partial charge < -0.3 is 10.3 Å². The summed E-state index contributed by atoms with van der Waals surface area (Å²) in [6.45, 7) is 12.0. The van der Waals surface area contributed by atoms with Gasteiger partial charge in [0.15, 0.2) is 0 Å². The van der Waals surface area contributed by atoms with Crippen LogP contribution in [0.25, 0.3) is 10.9 Å². The number of hydrogen-bond acceptors (Lipinski definition) is 1. The van der Waals surface area contributed by atoms with Gasteiger partial charge in [-0.2, -0.15) is 0 Å². The van der Waals surface area contributed by atoms with Crippen LogP contribution >= 0.6 is 0 Å². The molecule has 0 unspecified atom stereocenters. The zero-order chi connectivity index (χ0) is 17.3. The van der Waals surface area contributed by atoms with Crippen molar-refractivity contribution in [1.29, 1.82) is 0 Å². The highest BCUT2D eigenvalue weighted by molar-refractivity contribution is 5.84. The number of anilines is 1. The largest absolute Gasteiger partial charge is 0.385 e. The molecule has 2 nitrogen and oxygen atoms in total. The zero-order valence-electron chi connectivity index (χ0n) is 15.5. The lowest BCUT2D eigenvalue weighted by atomic mass is 9.94. The van der Waals surface area contributed by atoms with Crippen LogP contribution in [0.4, 0.5) is 5.69 Å². The van der Waals surface area contributed by atoms with E-state index < -0.39 is 0 Å². The SMILES string of the molecule is CCNc1cc(C)c(Cc2ccc3[nH]cc(C(C)C)c3c2)c(C)c1. The maximum atomic E-state index is 3.42. The molecule has 2 aromatic carbocycles. The van der Waals surface area contributed by atoms with E-state index in [1.54, 1.807) is 0 Å². The number of hydrogen-bond donors (Lipinski definition) is 2. The Bertz CT molecular complexity index is 833. The van der Waals surface area contributed by atoms with Crippen LogP contribution < -0.4 is 5.32 Å². The Labute approximate surface area is 145 Å². The molecule has 2 heteroatoms. The predicted octanol–water partition coefficient (Wildman–Crippen LogP) is 5.93. The van der Waals surface area contributed by atoms with E-state index in [-0.39, 0.29) is 0 Å². The topological polar surface area (TPSA) is 27.8 Å². The molecule has 0 radical (unpaired) electrons. The molecule has 0 saturated carbocycles. The Morgan fingerprint density at radius 1 is 1.04 bits per heavy atom. The number of H-pyrrole nitrogens is 1. The molecular weight excluding hydrogens is 292 g/mol. The van der Waals surface area contributed by atoms with E-state index in [1.807, 2.05) is 0 Å². The molecule has 0 aliphatic carbocycles. The number of aryl methyl sites for hydroxylation is 2. The first-order chi connectivity index (χ1) is 11.5. The maximum Gasteiger partial charge on any atom is 0.0457 e. The maximum absolute atomic E-state index is 3.42. The van der Waals surface area contributed by atoms with Gasteiger partial charge in [0, 0.05) is 29.3 Å². The average Bonchev–Trinajstić information content (AvgIpc) is 2.94. The highest BCUT2D eigenvalue weighted by atomic mass is 14.8. The molecule has 0 aliphatic heterocycles. The number of nitrogens with one attached hydrogen (secondary N) is 2. The second-order valence-electron chi connectivity index (χ2n) is 7.07. The van der Waals surface area contributed by atoms with Crippen molar-refractivity contribution < 1.29 is 0 Å². The van der Waals surface area contributed by atoms with Crippen LogP contribution in [0.15, 0.2) is 36.5 Å². The zero-order valence-corrected chi connectivity index (χ0v) is 15.5. The lowest BCUT2D eigenvalue weighted by molar-refractivity contribution is 0.875. The minimum atomic E-state index is 0.539. The number of benzene rings is 2. The summed E-state index contributed by atoms with van der Waals surface area (Å²) in [5.74, 6) is 0.539. The van der Waals surface area contributed by atoms with Gasteiger partial charge in [0.25, 0.3) is 0 Å². The van der Waals surface area contributed by atoms with E-state index in [2.05, 4.69) is 81.4 Å². The van der Waals surface area contributed by atoms with E-state index in [4.69, 9.17) is 0 Å². The Balaban J connectivity index is 1.96. The van der Waals surface area contributed by atoms with Gasteiger partial charge in [0.2, 0.25) is 0 Å². The standard InChI is InChI=1S/C22H28N2/c1-6-23-18-9-15(4)19(16(5)10-18)11-17-7-8-22-20(12-17)21(13-24-22)14(2)3/h7-10,12-14,23-24H,6,11H2,1-5H3. The van der Waals surface area contributed by atoms with Crippen molar-refractivity contribution in [1.82, 2.24) is 4.98 Å². The summed E-state index contributed by atoms with van der Waals surface area (Å²) >= 11 is 0. The van der Waals surface area contributed by atoms with E-state index in [0.717, 1.165) is 13.0 Å². The summed E-state index contributed by atoms with van der Waals surface area (Å²) in [6.07, 6.45) is 3.14. The molecule has 126 valence electrons. The smallest absolute Gasteiger partial charge is 0.0457 e. The van der Waals surface area contributed by atoms with Gasteiger partial charge in [0.05, 0.1) is 0 Å². The summed E-state index contributed by atoms with van der Waals surface area (Å²) in [5, 5.41) is 4.78. The molecule has 24 heavy (non-hydrogen) atoms. The third-order valence-corrected chi connectivity index (χ3v) is 4.86. The molecule has 0 aliphatic rings. The molecular formula is C22H28N2. The van der Waals surface area contributed by atoms with Crippen molar-refractivity contribution in [2.24, 2.45) is 0 Å². The minimum Gasteiger partial charge on any atom is -0.385 e. The quantitative estimate of drug-likeness (QED) is 0.599. The molecule has 3 aromatic rings. The van der Waals surface area contributed by atoms with Crippen LogP contribution in [0, 0.1) is 13.8 Å². The Morgan fingerprint density at radius 3 is 2.38 bits per heavy atom. The van der Waals surface area contributed by atoms with Crippen molar-refractivity contribution in [3.05, 3.63) is 64.3 Å². The average molecular weight is 320 g/mol. The van der Waals surface area contributed by atoms with E-state index in [1.165, 1.54) is 44.4 Å². The van der Waals surface area contributed by atoms with Gasteiger partial charge in [-0.05, 0) is 85.2 Å². The Hall–Kier alpha value is -2.22. The first-order valence-electron chi connectivity index (χ1n) is 8.93. The van der Waals surface area contributed by atoms with Crippen LogP contribution in [-0.4, -0.2) is 11.5 Å². The number of aromatic nitrogens is 1. The molecule has 3 rings (SSSR count).